The summed E-state index contributed by atoms with van der Waals surface area (Å²) < 4.78 is 2.11. The van der Waals surface area contributed by atoms with Gasteiger partial charge in [-0.25, -0.2) is 4.98 Å². The van der Waals surface area contributed by atoms with Crippen molar-refractivity contribution in [3.8, 4) is 6.07 Å². The highest BCUT2D eigenvalue weighted by atomic mass is 32.1. The maximum atomic E-state index is 13.7. The number of hydrogen-bond acceptors (Lipinski definition) is 7. The van der Waals surface area contributed by atoms with E-state index >= 15 is 0 Å². The molecule has 0 radical (unpaired) electrons. The van der Waals surface area contributed by atoms with Gasteiger partial charge in [-0.05, 0) is 43.4 Å². The number of rotatable bonds is 4. The smallest absolute Gasteiger partial charge is 0.273 e. The van der Waals surface area contributed by atoms with Crippen molar-refractivity contribution in [1.29, 1.82) is 5.26 Å². The summed E-state index contributed by atoms with van der Waals surface area (Å²) in [6.07, 6.45) is 3.89. The molecular formula is C24H26N6O2S. The predicted octanol–water partition coefficient (Wildman–Crippen LogP) is 2.54. The van der Waals surface area contributed by atoms with Gasteiger partial charge in [-0.2, -0.15) is 5.26 Å². The molecule has 0 aliphatic carbocycles. The van der Waals surface area contributed by atoms with E-state index in [4.69, 9.17) is 10.7 Å². The fraction of sp³-hybridized carbons (Fsp3) is 0.417. The molecule has 2 saturated heterocycles. The quantitative estimate of drug-likeness (QED) is 0.638. The van der Waals surface area contributed by atoms with Crippen LogP contribution in [0.25, 0.3) is 10.2 Å². The molecule has 5 rings (SSSR count). The number of anilines is 1. The third-order valence-electron chi connectivity index (χ3n) is 6.42. The molecule has 33 heavy (non-hydrogen) atoms. The Morgan fingerprint density at radius 1 is 1.21 bits per heavy atom. The van der Waals surface area contributed by atoms with E-state index < -0.39 is 0 Å². The van der Waals surface area contributed by atoms with Crippen LogP contribution < -0.4 is 16.2 Å². The van der Waals surface area contributed by atoms with Crippen molar-refractivity contribution in [2.24, 2.45) is 5.73 Å². The zero-order valence-corrected chi connectivity index (χ0v) is 19.2. The number of carbonyl (C=O) groups is 1. The number of nitriles is 1. The van der Waals surface area contributed by atoms with Gasteiger partial charge < -0.3 is 15.5 Å². The van der Waals surface area contributed by atoms with Crippen LogP contribution in [-0.2, 0) is 6.54 Å². The summed E-state index contributed by atoms with van der Waals surface area (Å²) in [5, 5.41) is 9.54. The van der Waals surface area contributed by atoms with E-state index in [-0.39, 0.29) is 24.1 Å². The van der Waals surface area contributed by atoms with Crippen LogP contribution in [0.15, 0.2) is 35.1 Å². The Kier molecular flexibility index (Phi) is 5.87. The number of benzene rings is 1. The van der Waals surface area contributed by atoms with E-state index in [0.717, 1.165) is 50.9 Å². The van der Waals surface area contributed by atoms with Crippen molar-refractivity contribution in [3.63, 3.8) is 0 Å². The predicted molar refractivity (Wildman–Crippen MR) is 129 cm³/mol. The van der Waals surface area contributed by atoms with E-state index in [9.17, 15) is 14.9 Å². The largest absolute Gasteiger partial charge is 0.341 e. The number of piperidine rings is 1. The van der Waals surface area contributed by atoms with Crippen molar-refractivity contribution in [2.45, 2.75) is 38.3 Å². The lowest BCUT2D eigenvalue weighted by molar-refractivity contribution is 0.0797. The molecule has 8 nitrogen and oxygen atoms in total. The highest BCUT2D eigenvalue weighted by Crippen LogP contribution is 2.27. The van der Waals surface area contributed by atoms with Crippen LogP contribution in [0.2, 0.25) is 0 Å². The van der Waals surface area contributed by atoms with E-state index in [1.165, 1.54) is 11.3 Å². The molecule has 170 valence electrons. The molecule has 0 bridgehead atoms. The first-order valence-corrected chi connectivity index (χ1v) is 12.2. The van der Waals surface area contributed by atoms with E-state index in [0.29, 0.717) is 33.2 Å². The number of likely N-dealkylation sites (tertiary alicyclic amines) is 1. The van der Waals surface area contributed by atoms with Crippen LogP contribution in [0.1, 0.15) is 46.5 Å². The molecule has 9 heteroatoms. The van der Waals surface area contributed by atoms with Gasteiger partial charge in [0.2, 0.25) is 5.95 Å². The zero-order valence-electron chi connectivity index (χ0n) is 18.4. The lowest BCUT2D eigenvalue weighted by atomic mass is 10.1. The Labute approximate surface area is 195 Å². The minimum atomic E-state index is -0.188. The van der Waals surface area contributed by atoms with Gasteiger partial charge in [-0.3, -0.25) is 14.2 Å². The second kappa shape index (κ2) is 8.96. The third kappa shape index (κ3) is 4.12. The molecule has 3 aromatic rings. The molecular weight excluding hydrogens is 436 g/mol. The highest BCUT2D eigenvalue weighted by Gasteiger charge is 2.26. The fourth-order valence-corrected chi connectivity index (χ4v) is 5.71. The number of amides is 1. The first-order valence-electron chi connectivity index (χ1n) is 11.4. The highest BCUT2D eigenvalue weighted by molar-refractivity contribution is 7.20. The molecule has 0 spiro atoms. The Hall–Kier alpha value is -3.22. The normalized spacial score (nSPS) is 18.6. The van der Waals surface area contributed by atoms with E-state index in [1.54, 1.807) is 16.7 Å². The van der Waals surface area contributed by atoms with Gasteiger partial charge in [0.25, 0.3) is 11.5 Å². The second-order valence-corrected chi connectivity index (χ2v) is 9.80. The molecule has 1 atom stereocenters. The summed E-state index contributed by atoms with van der Waals surface area (Å²) in [7, 11) is 0. The van der Waals surface area contributed by atoms with Crippen molar-refractivity contribution < 1.29 is 4.79 Å². The first-order chi connectivity index (χ1) is 16.0. The molecule has 0 unspecified atom stereocenters. The van der Waals surface area contributed by atoms with E-state index in [2.05, 4.69) is 11.0 Å². The van der Waals surface area contributed by atoms with Crippen LogP contribution >= 0.6 is 11.3 Å². The summed E-state index contributed by atoms with van der Waals surface area (Å²) in [5.74, 6) is 0.520. The number of fused-ring (bicyclic) bond motifs is 1. The Morgan fingerprint density at radius 2 is 2.00 bits per heavy atom. The van der Waals surface area contributed by atoms with Gasteiger partial charge in [0, 0.05) is 32.2 Å². The lowest BCUT2D eigenvalue weighted by Crippen LogP contribution is -2.45. The maximum Gasteiger partial charge on any atom is 0.273 e. The summed E-state index contributed by atoms with van der Waals surface area (Å²) in [6, 6.07) is 11.3. The van der Waals surface area contributed by atoms with Crippen LogP contribution in [0.3, 0.4) is 0 Å². The van der Waals surface area contributed by atoms with Gasteiger partial charge in [0.1, 0.15) is 4.70 Å². The number of aromatic nitrogens is 2. The minimum Gasteiger partial charge on any atom is -0.341 e. The summed E-state index contributed by atoms with van der Waals surface area (Å²) in [5.41, 5.74) is 7.88. The molecule has 4 heterocycles. The average Bonchev–Trinajstić information content (AvgIpc) is 3.51. The van der Waals surface area contributed by atoms with Crippen LogP contribution in [0.5, 0.6) is 0 Å². The van der Waals surface area contributed by atoms with Crippen LogP contribution in [0, 0.1) is 11.3 Å². The SMILES string of the molecule is N#Cc1ccccc1Cn1c(N2CCC[C@@H](N)C2)nc2cc(C(=O)N3CCCC3)sc2c1=O. The molecule has 2 aliphatic rings. The number of thiophene rings is 1. The molecule has 2 fully saturated rings. The molecule has 1 amide bonds. The molecule has 2 aromatic heterocycles. The second-order valence-electron chi connectivity index (χ2n) is 8.74. The van der Waals surface area contributed by atoms with Gasteiger partial charge in [0.05, 0.1) is 28.6 Å². The standard InChI is InChI=1S/C24H26N6O2S/c25-13-16-6-1-2-7-17(16)14-30-23(32)21-19(27-24(30)29-11-5-8-18(26)15-29)12-20(33-21)22(31)28-9-3-4-10-28/h1-2,6-7,12,18H,3-5,8-11,14-15,26H2/t18-/m1/s1. The van der Waals surface area contributed by atoms with Crippen molar-refractivity contribution >= 4 is 33.4 Å². The lowest BCUT2D eigenvalue weighted by Gasteiger charge is -2.33. The summed E-state index contributed by atoms with van der Waals surface area (Å²) >= 11 is 1.21. The van der Waals surface area contributed by atoms with Gasteiger partial charge in [-0.1, -0.05) is 18.2 Å². The Bertz CT molecular complexity index is 1300. The molecule has 1 aromatic carbocycles. The minimum absolute atomic E-state index is 0.0148. The first kappa shape index (κ1) is 21.6. The number of nitrogens with zero attached hydrogens (tertiary/aromatic N) is 5. The average molecular weight is 463 g/mol. The third-order valence-corrected chi connectivity index (χ3v) is 7.53. The monoisotopic (exact) mass is 462 g/mol. The number of hydrogen-bond donors (Lipinski definition) is 1. The van der Waals surface area contributed by atoms with Crippen molar-refractivity contribution in [1.82, 2.24) is 14.5 Å². The van der Waals surface area contributed by atoms with Crippen LogP contribution in [-0.4, -0.2) is 52.6 Å². The van der Waals surface area contributed by atoms with Crippen LogP contribution in [0.4, 0.5) is 5.95 Å². The molecule has 2 N–H and O–H groups in total. The van der Waals surface area contributed by atoms with Crippen molar-refractivity contribution in [2.75, 3.05) is 31.1 Å². The summed E-state index contributed by atoms with van der Waals surface area (Å²) in [6.45, 7) is 3.12. The topological polar surface area (TPSA) is 108 Å². The number of carbonyl (C=O) groups excluding carboxylic acids is 1. The Balaban J connectivity index is 1.63. The maximum absolute atomic E-state index is 13.7. The van der Waals surface area contributed by atoms with Gasteiger partial charge in [-0.15, -0.1) is 11.3 Å². The fourth-order valence-electron chi connectivity index (χ4n) is 4.69. The van der Waals surface area contributed by atoms with Gasteiger partial charge in [0.15, 0.2) is 0 Å². The van der Waals surface area contributed by atoms with Gasteiger partial charge >= 0.3 is 0 Å². The number of nitrogens with two attached hydrogens (primary N) is 1. The van der Waals surface area contributed by atoms with Crippen molar-refractivity contribution in [3.05, 3.63) is 56.7 Å². The summed E-state index contributed by atoms with van der Waals surface area (Å²) in [4.78, 5) is 36.0. The Morgan fingerprint density at radius 3 is 2.76 bits per heavy atom. The zero-order chi connectivity index (χ0) is 22.9. The van der Waals surface area contributed by atoms with E-state index in [1.807, 2.05) is 23.1 Å². The molecule has 2 aliphatic heterocycles. The molecule has 0 saturated carbocycles.